The average molecular weight is 524 g/mol. The van der Waals surface area contributed by atoms with Gasteiger partial charge in [0.15, 0.2) is 0 Å². The molecule has 1 aliphatic heterocycles. The van der Waals surface area contributed by atoms with E-state index < -0.39 is 17.6 Å². The largest absolute Gasteiger partial charge is 0.457 e. The number of ether oxygens (including phenoxy) is 2. The highest BCUT2D eigenvalue weighted by Gasteiger charge is 2.36. The van der Waals surface area contributed by atoms with Crippen LogP contribution in [-0.4, -0.2) is 37.7 Å². The van der Waals surface area contributed by atoms with Crippen LogP contribution in [0.15, 0.2) is 90.1 Å². The van der Waals surface area contributed by atoms with Crippen LogP contribution in [-0.2, 0) is 20.9 Å². The third kappa shape index (κ3) is 5.57. The van der Waals surface area contributed by atoms with Gasteiger partial charge in [0.2, 0.25) is 5.95 Å². The number of anilines is 1. The Morgan fingerprint density at radius 1 is 0.923 bits per heavy atom. The topological polar surface area (TPSA) is 108 Å². The predicted molar refractivity (Wildman–Crippen MR) is 146 cm³/mol. The molecule has 0 amide bonds. The van der Waals surface area contributed by atoms with Crippen molar-refractivity contribution < 1.29 is 19.1 Å². The maximum atomic E-state index is 13.5. The van der Waals surface area contributed by atoms with Crippen molar-refractivity contribution in [1.29, 1.82) is 0 Å². The normalized spacial score (nSPS) is 14.8. The summed E-state index contributed by atoms with van der Waals surface area (Å²) in [6.45, 7) is 7.45. The molecule has 0 bridgehead atoms. The standard InChI is InChI=1S/C30H29N5O4/c1-19-25(28(37)38-18-20-10-6-5-7-11-20)26(35-29(31-19)32-33-34-35)24-13-9-8-12-23(24)21-14-16-22(17-15-21)27(36)39-30(2,3)4/h5-17,26H,18H2,1-4H3,(H,31,32,34). The molecule has 1 aromatic heterocycles. The first-order valence-electron chi connectivity index (χ1n) is 12.6. The van der Waals surface area contributed by atoms with Crippen molar-refractivity contribution in [3.63, 3.8) is 0 Å². The molecule has 5 rings (SSSR count). The molecule has 0 radical (unpaired) electrons. The number of tetrazole rings is 1. The average Bonchev–Trinajstić information content (AvgIpc) is 3.39. The van der Waals surface area contributed by atoms with E-state index in [1.165, 1.54) is 0 Å². The highest BCUT2D eigenvalue weighted by atomic mass is 16.6. The molecule has 1 atom stereocenters. The van der Waals surface area contributed by atoms with E-state index in [1.54, 1.807) is 16.8 Å². The van der Waals surface area contributed by atoms with Gasteiger partial charge in [-0.25, -0.2) is 9.59 Å². The molecule has 2 heterocycles. The first-order chi connectivity index (χ1) is 18.7. The third-order valence-electron chi connectivity index (χ3n) is 6.23. The summed E-state index contributed by atoms with van der Waals surface area (Å²) < 4.78 is 12.8. The van der Waals surface area contributed by atoms with Gasteiger partial charge in [-0.05, 0) is 72.5 Å². The zero-order valence-corrected chi connectivity index (χ0v) is 22.2. The van der Waals surface area contributed by atoms with Crippen LogP contribution >= 0.6 is 0 Å². The Morgan fingerprint density at radius 3 is 2.33 bits per heavy atom. The summed E-state index contributed by atoms with van der Waals surface area (Å²) in [6, 6.07) is 23.8. The molecule has 1 N–H and O–H groups in total. The number of nitrogens with one attached hydrogen (secondary N) is 1. The summed E-state index contributed by atoms with van der Waals surface area (Å²) in [5.74, 6) is -0.432. The van der Waals surface area contributed by atoms with Crippen LogP contribution in [0.1, 0.15) is 55.2 Å². The van der Waals surface area contributed by atoms with Gasteiger partial charge in [0.1, 0.15) is 18.2 Å². The van der Waals surface area contributed by atoms with Gasteiger partial charge in [-0.3, -0.25) is 0 Å². The molecule has 9 nitrogen and oxygen atoms in total. The highest BCUT2D eigenvalue weighted by molar-refractivity contribution is 5.93. The van der Waals surface area contributed by atoms with Crippen molar-refractivity contribution in [3.05, 3.63) is 107 Å². The van der Waals surface area contributed by atoms with E-state index in [1.807, 2.05) is 94.4 Å². The van der Waals surface area contributed by atoms with Gasteiger partial charge in [0.05, 0.1) is 11.1 Å². The maximum Gasteiger partial charge on any atom is 0.338 e. The second-order valence-corrected chi connectivity index (χ2v) is 10.2. The van der Waals surface area contributed by atoms with Gasteiger partial charge < -0.3 is 14.8 Å². The quantitative estimate of drug-likeness (QED) is 0.338. The molecule has 0 saturated carbocycles. The van der Waals surface area contributed by atoms with Crippen molar-refractivity contribution in [1.82, 2.24) is 20.2 Å². The van der Waals surface area contributed by atoms with Crippen LogP contribution in [0.3, 0.4) is 0 Å². The Kier molecular flexibility index (Phi) is 6.98. The smallest absolute Gasteiger partial charge is 0.338 e. The van der Waals surface area contributed by atoms with Crippen molar-refractivity contribution in [2.75, 3.05) is 5.32 Å². The van der Waals surface area contributed by atoms with Gasteiger partial charge in [-0.2, -0.15) is 4.68 Å². The summed E-state index contributed by atoms with van der Waals surface area (Å²) in [4.78, 5) is 26.1. The lowest BCUT2D eigenvalue weighted by atomic mass is 9.89. The molecule has 0 spiro atoms. The SMILES string of the molecule is CC1=C(C(=O)OCc2ccccc2)C(c2ccccc2-c2ccc(C(=O)OC(C)(C)C)cc2)n2nnnc2N1. The van der Waals surface area contributed by atoms with Crippen LogP contribution < -0.4 is 5.32 Å². The lowest BCUT2D eigenvalue weighted by Gasteiger charge is -2.29. The molecular weight excluding hydrogens is 494 g/mol. The number of rotatable bonds is 6. The van der Waals surface area contributed by atoms with E-state index in [-0.39, 0.29) is 12.6 Å². The number of carbonyl (C=O) groups excluding carboxylic acids is 2. The summed E-state index contributed by atoms with van der Waals surface area (Å²) in [5.41, 5.74) is 4.30. The number of nitrogens with zero attached hydrogens (tertiary/aromatic N) is 4. The number of hydrogen-bond acceptors (Lipinski definition) is 8. The second kappa shape index (κ2) is 10.5. The van der Waals surface area contributed by atoms with Crippen LogP contribution in [0.4, 0.5) is 5.95 Å². The molecule has 0 aliphatic carbocycles. The minimum atomic E-state index is -0.638. The number of aromatic nitrogens is 4. The van der Waals surface area contributed by atoms with E-state index in [0.29, 0.717) is 22.8 Å². The molecule has 39 heavy (non-hydrogen) atoms. The first kappa shape index (κ1) is 25.8. The van der Waals surface area contributed by atoms with Crippen LogP contribution in [0.5, 0.6) is 0 Å². The fraction of sp³-hybridized carbons (Fsp3) is 0.233. The van der Waals surface area contributed by atoms with Crippen LogP contribution in [0.2, 0.25) is 0 Å². The number of allylic oxidation sites excluding steroid dienone is 1. The molecule has 198 valence electrons. The lowest BCUT2D eigenvalue weighted by Crippen LogP contribution is -2.30. The fourth-order valence-corrected chi connectivity index (χ4v) is 4.49. The van der Waals surface area contributed by atoms with Gasteiger partial charge in [0, 0.05) is 5.70 Å². The van der Waals surface area contributed by atoms with Crippen molar-refractivity contribution in [3.8, 4) is 11.1 Å². The van der Waals surface area contributed by atoms with Crippen molar-refractivity contribution >= 4 is 17.9 Å². The first-order valence-corrected chi connectivity index (χ1v) is 12.6. The summed E-state index contributed by atoms with van der Waals surface area (Å²) in [5, 5.41) is 15.2. The van der Waals surface area contributed by atoms with Gasteiger partial charge in [-0.1, -0.05) is 71.8 Å². The minimum Gasteiger partial charge on any atom is -0.457 e. The molecule has 1 unspecified atom stereocenters. The zero-order chi connectivity index (χ0) is 27.6. The Bertz CT molecular complexity index is 1540. The Morgan fingerprint density at radius 2 is 1.62 bits per heavy atom. The van der Waals surface area contributed by atoms with Crippen LogP contribution in [0, 0.1) is 0 Å². The Balaban J connectivity index is 1.51. The zero-order valence-electron chi connectivity index (χ0n) is 22.2. The summed E-state index contributed by atoms with van der Waals surface area (Å²) >= 11 is 0. The number of benzene rings is 3. The molecule has 0 fully saturated rings. The Labute approximate surface area is 226 Å². The maximum absolute atomic E-state index is 13.5. The second-order valence-electron chi connectivity index (χ2n) is 10.2. The van der Waals surface area contributed by atoms with E-state index in [2.05, 4.69) is 20.8 Å². The molecule has 1 aliphatic rings. The molecule has 9 heteroatoms. The summed E-state index contributed by atoms with van der Waals surface area (Å²) in [6.07, 6.45) is 0. The summed E-state index contributed by atoms with van der Waals surface area (Å²) in [7, 11) is 0. The number of carbonyl (C=O) groups is 2. The van der Waals surface area contributed by atoms with E-state index in [9.17, 15) is 9.59 Å². The highest BCUT2D eigenvalue weighted by Crippen LogP contribution is 2.39. The molecule has 4 aromatic rings. The van der Waals surface area contributed by atoms with Crippen molar-refractivity contribution in [2.45, 2.75) is 45.9 Å². The monoisotopic (exact) mass is 523 g/mol. The number of fused-ring (bicyclic) bond motifs is 1. The van der Waals surface area contributed by atoms with Gasteiger partial charge in [-0.15, -0.1) is 0 Å². The van der Waals surface area contributed by atoms with Crippen molar-refractivity contribution in [2.24, 2.45) is 0 Å². The van der Waals surface area contributed by atoms with Crippen LogP contribution in [0.25, 0.3) is 11.1 Å². The van der Waals surface area contributed by atoms with Gasteiger partial charge >= 0.3 is 11.9 Å². The number of esters is 2. The van der Waals surface area contributed by atoms with Gasteiger partial charge in [0.25, 0.3) is 0 Å². The molecule has 3 aromatic carbocycles. The third-order valence-corrected chi connectivity index (χ3v) is 6.23. The van der Waals surface area contributed by atoms with E-state index >= 15 is 0 Å². The number of hydrogen-bond donors (Lipinski definition) is 1. The Hall–Kier alpha value is -4.79. The molecule has 0 saturated heterocycles. The fourth-order valence-electron chi connectivity index (χ4n) is 4.49. The molecular formula is C30H29N5O4. The minimum absolute atomic E-state index is 0.138. The predicted octanol–water partition coefficient (Wildman–Crippen LogP) is 5.33. The van der Waals surface area contributed by atoms with E-state index in [0.717, 1.165) is 22.3 Å². The lowest BCUT2D eigenvalue weighted by molar-refractivity contribution is -0.140. The van der Waals surface area contributed by atoms with E-state index in [4.69, 9.17) is 9.47 Å².